The van der Waals surface area contributed by atoms with Gasteiger partial charge in [0.25, 0.3) is 0 Å². The number of likely N-dealkylation sites (N-methyl/N-ethyl adjacent to an activating group) is 1. The molecule has 17 heavy (non-hydrogen) atoms. The van der Waals surface area contributed by atoms with Gasteiger partial charge < -0.3 is 4.90 Å². The zero-order valence-corrected chi connectivity index (χ0v) is 10.7. The molecule has 2 saturated heterocycles. The Morgan fingerprint density at radius 3 is 2.41 bits per heavy atom. The van der Waals surface area contributed by atoms with Crippen molar-refractivity contribution < 1.29 is 0 Å². The van der Waals surface area contributed by atoms with Crippen LogP contribution >= 0.6 is 0 Å². The highest BCUT2D eigenvalue weighted by molar-refractivity contribution is 5.16. The van der Waals surface area contributed by atoms with E-state index in [0.717, 1.165) is 51.7 Å². The quantitative estimate of drug-likeness (QED) is 0.691. The van der Waals surface area contributed by atoms with Crippen LogP contribution in [0.15, 0.2) is 0 Å². The lowest BCUT2D eigenvalue weighted by Crippen LogP contribution is -2.57. The van der Waals surface area contributed by atoms with Gasteiger partial charge in [-0.3, -0.25) is 9.80 Å². The summed E-state index contributed by atoms with van der Waals surface area (Å²) in [6.07, 6.45) is 3.75. The third-order valence-corrected chi connectivity index (χ3v) is 4.66. The molecule has 0 radical (unpaired) electrons. The van der Waals surface area contributed by atoms with Crippen LogP contribution in [0.2, 0.25) is 0 Å². The summed E-state index contributed by atoms with van der Waals surface area (Å²) in [7, 11) is 2.17. The Balaban J connectivity index is 1.68. The fraction of sp³-hybridized carbons (Fsp3) is 0.923. The van der Waals surface area contributed by atoms with Crippen LogP contribution in [0, 0.1) is 11.3 Å². The van der Waals surface area contributed by atoms with Crippen molar-refractivity contribution in [1.82, 2.24) is 14.7 Å². The maximum Gasteiger partial charge on any atom is 0.123 e. The van der Waals surface area contributed by atoms with Gasteiger partial charge >= 0.3 is 0 Å². The topological polar surface area (TPSA) is 33.5 Å². The smallest absolute Gasteiger partial charge is 0.123 e. The van der Waals surface area contributed by atoms with E-state index >= 15 is 0 Å². The maximum atomic E-state index is 9.62. The minimum atomic E-state index is -0.177. The van der Waals surface area contributed by atoms with Crippen molar-refractivity contribution in [2.45, 2.75) is 30.8 Å². The van der Waals surface area contributed by atoms with E-state index in [1.54, 1.807) is 0 Å². The molecular weight excluding hydrogens is 212 g/mol. The Morgan fingerprint density at radius 2 is 1.82 bits per heavy atom. The average Bonchev–Trinajstić information content (AvgIpc) is 3.11. The molecule has 0 amide bonds. The minimum Gasteiger partial charge on any atom is -0.304 e. The van der Waals surface area contributed by atoms with Crippen molar-refractivity contribution in [2.75, 3.05) is 46.3 Å². The molecule has 0 N–H and O–H groups in total. The van der Waals surface area contributed by atoms with Gasteiger partial charge in [-0.2, -0.15) is 5.26 Å². The first kappa shape index (κ1) is 11.5. The van der Waals surface area contributed by atoms with Gasteiger partial charge in [-0.25, -0.2) is 0 Å². The number of nitrogens with zero attached hydrogens (tertiary/aromatic N) is 4. The molecule has 3 aliphatic rings. The molecule has 1 atom stereocenters. The van der Waals surface area contributed by atoms with Crippen molar-refractivity contribution in [2.24, 2.45) is 0 Å². The molecule has 2 aliphatic heterocycles. The minimum absolute atomic E-state index is 0.177. The summed E-state index contributed by atoms with van der Waals surface area (Å²) in [4.78, 5) is 7.34. The highest BCUT2D eigenvalue weighted by Crippen LogP contribution is 2.36. The molecule has 3 rings (SSSR count). The molecule has 0 bridgehead atoms. The monoisotopic (exact) mass is 234 g/mol. The largest absolute Gasteiger partial charge is 0.304 e. The number of nitriles is 1. The van der Waals surface area contributed by atoms with E-state index in [1.807, 2.05) is 0 Å². The number of rotatable bonds is 2. The molecule has 4 heteroatoms. The number of hydrogen-bond acceptors (Lipinski definition) is 4. The lowest BCUT2D eigenvalue weighted by atomic mass is 9.97. The van der Waals surface area contributed by atoms with Gasteiger partial charge in [0.15, 0.2) is 0 Å². The molecule has 1 aliphatic carbocycles. The van der Waals surface area contributed by atoms with Crippen LogP contribution in [0.25, 0.3) is 0 Å². The van der Waals surface area contributed by atoms with E-state index in [9.17, 15) is 5.26 Å². The molecule has 0 aromatic rings. The molecule has 1 unspecified atom stereocenters. The predicted octanol–water partition coefficient (Wildman–Crippen LogP) is 0.364. The van der Waals surface area contributed by atoms with Crippen molar-refractivity contribution in [1.29, 1.82) is 5.26 Å². The Labute approximate surface area is 104 Å². The lowest BCUT2D eigenvalue weighted by Gasteiger charge is -2.41. The summed E-state index contributed by atoms with van der Waals surface area (Å²) in [6, 6.07) is 3.44. The SMILES string of the molecule is CN1CCN(C2(C#N)CCN(C3CC3)C2)CC1. The lowest BCUT2D eigenvalue weighted by molar-refractivity contribution is 0.0766. The van der Waals surface area contributed by atoms with Crippen molar-refractivity contribution in [3.63, 3.8) is 0 Å². The summed E-state index contributed by atoms with van der Waals surface area (Å²) in [5, 5.41) is 9.62. The number of piperazine rings is 1. The summed E-state index contributed by atoms with van der Waals surface area (Å²) in [5.41, 5.74) is -0.177. The Morgan fingerprint density at radius 1 is 1.12 bits per heavy atom. The van der Waals surface area contributed by atoms with E-state index in [-0.39, 0.29) is 5.54 Å². The molecule has 1 saturated carbocycles. The van der Waals surface area contributed by atoms with Crippen LogP contribution in [-0.4, -0.2) is 72.6 Å². The first-order valence-electron chi connectivity index (χ1n) is 6.82. The fourth-order valence-corrected chi connectivity index (χ4v) is 3.23. The first-order chi connectivity index (χ1) is 8.23. The molecular formula is C13H22N4. The summed E-state index contributed by atoms with van der Waals surface area (Å²) in [5.74, 6) is 0. The van der Waals surface area contributed by atoms with Crippen LogP contribution < -0.4 is 0 Å². The highest BCUT2D eigenvalue weighted by atomic mass is 15.3. The second-order valence-corrected chi connectivity index (χ2v) is 5.89. The van der Waals surface area contributed by atoms with Crippen molar-refractivity contribution in [3.05, 3.63) is 0 Å². The van der Waals surface area contributed by atoms with Crippen LogP contribution in [0.3, 0.4) is 0 Å². The van der Waals surface area contributed by atoms with Crippen LogP contribution in [0.5, 0.6) is 0 Å². The van der Waals surface area contributed by atoms with Gasteiger partial charge in [-0.1, -0.05) is 0 Å². The average molecular weight is 234 g/mol. The second kappa shape index (κ2) is 4.24. The molecule has 4 nitrogen and oxygen atoms in total. The Hall–Kier alpha value is -0.630. The van der Waals surface area contributed by atoms with Gasteiger partial charge in [0.2, 0.25) is 0 Å². The Kier molecular flexibility index (Phi) is 2.86. The van der Waals surface area contributed by atoms with Gasteiger partial charge in [0, 0.05) is 45.3 Å². The van der Waals surface area contributed by atoms with Gasteiger partial charge in [-0.05, 0) is 26.3 Å². The van der Waals surface area contributed by atoms with Gasteiger partial charge in [-0.15, -0.1) is 0 Å². The summed E-state index contributed by atoms with van der Waals surface area (Å²) < 4.78 is 0. The fourth-order valence-electron chi connectivity index (χ4n) is 3.23. The van der Waals surface area contributed by atoms with Crippen molar-refractivity contribution >= 4 is 0 Å². The standard InChI is InChI=1S/C13H22N4/c1-15-6-8-17(9-7-15)13(10-14)4-5-16(11-13)12-2-3-12/h12H,2-9,11H2,1H3. The molecule has 0 aromatic heterocycles. The zero-order valence-electron chi connectivity index (χ0n) is 10.7. The third-order valence-electron chi connectivity index (χ3n) is 4.66. The van der Waals surface area contributed by atoms with E-state index in [2.05, 4.69) is 27.8 Å². The summed E-state index contributed by atoms with van der Waals surface area (Å²) >= 11 is 0. The molecule has 94 valence electrons. The highest BCUT2D eigenvalue weighted by Gasteiger charge is 2.47. The third kappa shape index (κ3) is 2.08. The van der Waals surface area contributed by atoms with Crippen LogP contribution in [0.1, 0.15) is 19.3 Å². The number of likely N-dealkylation sites (tertiary alicyclic amines) is 1. The molecule has 0 spiro atoms. The molecule has 2 heterocycles. The predicted molar refractivity (Wildman–Crippen MR) is 66.6 cm³/mol. The van der Waals surface area contributed by atoms with Crippen LogP contribution in [0.4, 0.5) is 0 Å². The maximum absolute atomic E-state index is 9.62. The van der Waals surface area contributed by atoms with Crippen LogP contribution in [-0.2, 0) is 0 Å². The van der Waals surface area contributed by atoms with E-state index < -0.39 is 0 Å². The molecule has 3 fully saturated rings. The van der Waals surface area contributed by atoms with E-state index in [1.165, 1.54) is 12.8 Å². The van der Waals surface area contributed by atoms with E-state index in [0.29, 0.717) is 0 Å². The number of hydrogen-bond donors (Lipinski definition) is 0. The zero-order chi connectivity index (χ0) is 11.9. The van der Waals surface area contributed by atoms with Gasteiger partial charge in [0.05, 0.1) is 6.07 Å². The normalized spacial score (nSPS) is 37.2. The van der Waals surface area contributed by atoms with Gasteiger partial charge in [0.1, 0.15) is 5.54 Å². The summed E-state index contributed by atoms with van der Waals surface area (Å²) in [6.45, 7) is 6.44. The second-order valence-electron chi connectivity index (χ2n) is 5.89. The van der Waals surface area contributed by atoms with Crippen molar-refractivity contribution in [3.8, 4) is 6.07 Å². The Bertz CT molecular complexity index is 325. The van der Waals surface area contributed by atoms with E-state index in [4.69, 9.17) is 0 Å². The first-order valence-corrected chi connectivity index (χ1v) is 6.82. The molecule has 0 aromatic carbocycles.